The standard InChI is InChI=1S/C16H12N4O/c1-10-2-5-14-13(6-10)16(18-9-17-14)21-12-4-3-11-8-19-20-15(11)7-12/h2-9H,1H3,(H,19,20). The molecule has 2 aromatic heterocycles. The zero-order chi connectivity index (χ0) is 14.2. The molecule has 0 radical (unpaired) electrons. The second kappa shape index (κ2) is 4.56. The fraction of sp³-hybridized carbons (Fsp3) is 0.0625. The van der Waals surface area contributed by atoms with Gasteiger partial charge in [-0.25, -0.2) is 9.97 Å². The number of benzene rings is 2. The minimum Gasteiger partial charge on any atom is -0.438 e. The zero-order valence-corrected chi connectivity index (χ0v) is 11.4. The largest absolute Gasteiger partial charge is 0.438 e. The molecule has 4 rings (SSSR count). The van der Waals surface area contributed by atoms with Gasteiger partial charge in [-0.3, -0.25) is 5.10 Å². The van der Waals surface area contributed by atoms with Crippen LogP contribution < -0.4 is 4.74 Å². The molecule has 4 aromatic rings. The van der Waals surface area contributed by atoms with Crippen molar-refractivity contribution in [2.24, 2.45) is 0 Å². The fourth-order valence-corrected chi connectivity index (χ4v) is 2.32. The van der Waals surface area contributed by atoms with Crippen molar-refractivity contribution in [3.8, 4) is 11.6 Å². The second-order valence-electron chi connectivity index (χ2n) is 4.92. The van der Waals surface area contributed by atoms with Gasteiger partial charge >= 0.3 is 0 Å². The highest BCUT2D eigenvalue weighted by Gasteiger charge is 2.07. The van der Waals surface area contributed by atoms with Crippen LogP contribution in [0, 0.1) is 6.92 Å². The first-order valence-corrected chi connectivity index (χ1v) is 6.62. The smallest absolute Gasteiger partial charge is 0.230 e. The molecule has 21 heavy (non-hydrogen) atoms. The Morgan fingerprint density at radius 3 is 2.95 bits per heavy atom. The monoisotopic (exact) mass is 276 g/mol. The summed E-state index contributed by atoms with van der Waals surface area (Å²) in [7, 11) is 0. The van der Waals surface area contributed by atoms with Crippen LogP contribution in [-0.2, 0) is 0 Å². The van der Waals surface area contributed by atoms with Crippen LogP contribution in [0.15, 0.2) is 48.9 Å². The van der Waals surface area contributed by atoms with E-state index in [2.05, 4.69) is 20.2 Å². The lowest BCUT2D eigenvalue weighted by molar-refractivity contribution is 0.469. The van der Waals surface area contributed by atoms with Gasteiger partial charge in [-0.05, 0) is 31.2 Å². The Morgan fingerprint density at radius 2 is 2.00 bits per heavy atom. The molecule has 0 atom stereocenters. The quantitative estimate of drug-likeness (QED) is 0.607. The third kappa shape index (κ3) is 2.08. The van der Waals surface area contributed by atoms with Gasteiger partial charge in [0.1, 0.15) is 12.1 Å². The van der Waals surface area contributed by atoms with Gasteiger partial charge in [0.2, 0.25) is 5.88 Å². The van der Waals surface area contributed by atoms with Crippen LogP contribution >= 0.6 is 0 Å². The molecule has 0 saturated heterocycles. The molecule has 5 nitrogen and oxygen atoms in total. The van der Waals surface area contributed by atoms with E-state index < -0.39 is 0 Å². The van der Waals surface area contributed by atoms with Gasteiger partial charge in [-0.15, -0.1) is 0 Å². The summed E-state index contributed by atoms with van der Waals surface area (Å²) in [4.78, 5) is 8.51. The Balaban J connectivity index is 1.81. The SMILES string of the molecule is Cc1ccc2ncnc(Oc3ccc4cn[nH]c4c3)c2c1. The van der Waals surface area contributed by atoms with Crippen LogP contribution in [-0.4, -0.2) is 20.2 Å². The van der Waals surface area contributed by atoms with E-state index in [1.54, 1.807) is 6.20 Å². The summed E-state index contributed by atoms with van der Waals surface area (Å²) in [5.41, 5.74) is 2.95. The number of H-pyrrole nitrogens is 1. The average molecular weight is 276 g/mol. The van der Waals surface area contributed by atoms with E-state index in [0.29, 0.717) is 11.6 Å². The molecular weight excluding hydrogens is 264 g/mol. The summed E-state index contributed by atoms with van der Waals surface area (Å²) in [6, 6.07) is 11.8. The van der Waals surface area contributed by atoms with E-state index in [0.717, 1.165) is 27.4 Å². The first kappa shape index (κ1) is 11.8. The molecule has 5 heteroatoms. The molecule has 0 amide bonds. The van der Waals surface area contributed by atoms with E-state index in [4.69, 9.17) is 4.74 Å². The summed E-state index contributed by atoms with van der Waals surface area (Å²) < 4.78 is 5.93. The lowest BCUT2D eigenvalue weighted by Gasteiger charge is -2.07. The van der Waals surface area contributed by atoms with Crippen molar-refractivity contribution in [3.05, 3.63) is 54.5 Å². The van der Waals surface area contributed by atoms with Crippen molar-refractivity contribution in [2.45, 2.75) is 6.92 Å². The third-order valence-electron chi connectivity index (χ3n) is 3.38. The summed E-state index contributed by atoms with van der Waals surface area (Å²) in [5.74, 6) is 1.27. The number of nitrogens with zero attached hydrogens (tertiary/aromatic N) is 3. The first-order chi connectivity index (χ1) is 10.3. The first-order valence-electron chi connectivity index (χ1n) is 6.62. The molecule has 0 aliphatic rings. The Bertz CT molecular complexity index is 945. The van der Waals surface area contributed by atoms with Crippen molar-refractivity contribution in [3.63, 3.8) is 0 Å². The lowest BCUT2D eigenvalue weighted by atomic mass is 10.1. The molecule has 0 unspecified atom stereocenters. The van der Waals surface area contributed by atoms with Gasteiger partial charge in [0.05, 0.1) is 22.6 Å². The Morgan fingerprint density at radius 1 is 1.05 bits per heavy atom. The highest BCUT2D eigenvalue weighted by atomic mass is 16.5. The van der Waals surface area contributed by atoms with Crippen molar-refractivity contribution in [2.75, 3.05) is 0 Å². The van der Waals surface area contributed by atoms with Crippen LogP contribution in [0.3, 0.4) is 0 Å². The van der Waals surface area contributed by atoms with Crippen LogP contribution in [0.2, 0.25) is 0 Å². The van der Waals surface area contributed by atoms with Gasteiger partial charge < -0.3 is 4.74 Å². The van der Waals surface area contributed by atoms with Gasteiger partial charge in [0, 0.05) is 11.5 Å². The predicted molar refractivity (Wildman–Crippen MR) is 80.4 cm³/mol. The molecule has 0 bridgehead atoms. The fourth-order valence-electron chi connectivity index (χ4n) is 2.32. The van der Waals surface area contributed by atoms with Gasteiger partial charge in [0.25, 0.3) is 0 Å². The highest BCUT2D eigenvalue weighted by molar-refractivity contribution is 5.84. The number of hydrogen-bond acceptors (Lipinski definition) is 4. The van der Waals surface area contributed by atoms with E-state index in [1.807, 2.05) is 43.3 Å². The number of aryl methyl sites for hydroxylation is 1. The maximum atomic E-state index is 5.93. The molecule has 0 spiro atoms. The molecule has 2 heterocycles. The molecular formula is C16H12N4O. The van der Waals surface area contributed by atoms with Crippen molar-refractivity contribution < 1.29 is 4.74 Å². The average Bonchev–Trinajstić information content (AvgIpc) is 2.95. The minimum absolute atomic E-state index is 0.558. The molecule has 0 aliphatic carbocycles. The van der Waals surface area contributed by atoms with Gasteiger partial charge in [0.15, 0.2) is 0 Å². The molecule has 2 aromatic carbocycles. The Labute approximate surface area is 120 Å². The maximum absolute atomic E-state index is 5.93. The van der Waals surface area contributed by atoms with Gasteiger partial charge in [-0.1, -0.05) is 11.6 Å². The summed E-state index contributed by atoms with van der Waals surface area (Å²) in [5, 5.41) is 8.89. The van der Waals surface area contributed by atoms with Crippen LogP contribution in [0.1, 0.15) is 5.56 Å². The van der Waals surface area contributed by atoms with E-state index in [-0.39, 0.29) is 0 Å². The predicted octanol–water partition coefficient (Wildman–Crippen LogP) is 3.61. The molecule has 0 fully saturated rings. The van der Waals surface area contributed by atoms with Crippen molar-refractivity contribution in [1.29, 1.82) is 0 Å². The topological polar surface area (TPSA) is 63.7 Å². The van der Waals surface area contributed by atoms with Crippen molar-refractivity contribution in [1.82, 2.24) is 20.2 Å². The Hall–Kier alpha value is -2.95. The molecule has 0 saturated carbocycles. The third-order valence-corrected chi connectivity index (χ3v) is 3.38. The number of rotatable bonds is 2. The van der Waals surface area contributed by atoms with E-state index in [1.165, 1.54) is 6.33 Å². The molecule has 1 N–H and O–H groups in total. The van der Waals surface area contributed by atoms with E-state index in [9.17, 15) is 0 Å². The maximum Gasteiger partial charge on any atom is 0.230 e. The number of aromatic nitrogens is 4. The lowest BCUT2D eigenvalue weighted by Crippen LogP contribution is -1.91. The highest BCUT2D eigenvalue weighted by Crippen LogP contribution is 2.28. The number of nitrogens with one attached hydrogen (secondary N) is 1. The number of hydrogen-bond donors (Lipinski definition) is 1. The second-order valence-corrected chi connectivity index (χ2v) is 4.92. The molecule has 0 aliphatic heterocycles. The Kier molecular flexibility index (Phi) is 2.57. The van der Waals surface area contributed by atoms with Crippen LogP contribution in [0.5, 0.6) is 11.6 Å². The minimum atomic E-state index is 0.558. The number of ether oxygens (including phenoxy) is 1. The summed E-state index contributed by atoms with van der Waals surface area (Å²) >= 11 is 0. The number of fused-ring (bicyclic) bond motifs is 2. The summed E-state index contributed by atoms with van der Waals surface area (Å²) in [6.45, 7) is 2.03. The summed E-state index contributed by atoms with van der Waals surface area (Å²) in [6.07, 6.45) is 3.30. The number of aromatic amines is 1. The zero-order valence-electron chi connectivity index (χ0n) is 11.4. The van der Waals surface area contributed by atoms with Crippen molar-refractivity contribution >= 4 is 21.8 Å². The normalized spacial score (nSPS) is 11.1. The van der Waals surface area contributed by atoms with Crippen LogP contribution in [0.4, 0.5) is 0 Å². The van der Waals surface area contributed by atoms with Gasteiger partial charge in [-0.2, -0.15) is 5.10 Å². The van der Waals surface area contributed by atoms with Crippen LogP contribution in [0.25, 0.3) is 21.8 Å². The molecule has 102 valence electrons. The van der Waals surface area contributed by atoms with E-state index >= 15 is 0 Å².